The molecule has 8 nitrogen and oxygen atoms in total. The van der Waals surface area contributed by atoms with Crippen molar-refractivity contribution in [2.75, 3.05) is 39.3 Å². The lowest BCUT2D eigenvalue weighted by Gasteiger charge is -2.51. The number of hydrogen-bond acceptors (Lipinski definition) is 6. The number of piperazine rings is 1. The molecule has 0 spiro atoms. The minimum Gasteiger partial charge on any atom is -0.339 e. The van der Waals surface area contributed by atoms with E-state index in [4.69, 9.17) is 4.52 Å². The fraction of sp³-hybridized carbons (Fsp3) is 0.889. The summed E-state index contributed by atoms with van der Waals surface area (Å²) in [6.07, 6.45) is 4.69. The van der Waals surface area contributed by atoms with Gasteiger partial charge in [-0.15, -0.1) is 0 Å². The predicted molar refractivity (Wildman–Crippen MR) is 137 cm³/mol. The molecule has 4 aliphatic rings. The Morgan fingerprint density at radius 3 is 2.36 bits per heavy atom. The molecule has 2 amide bonds. The molecule has 2 saturated carbocycles. The van der Waals surface area contributed by atoms with Crippen LogP contribution in [0, 0.1) is 5.41 Å². The van der Waals surface area contributed by atoms with Crippen LogP contribution in [0.1, 0.15) is 90.8 Å². The molecule has 202 valence electrons. The summed E-state index contributed by atoms with van der Waals surface area (Å²) in [6.45, 7) is 17.0. The van der Waals surface area contributed by atoms with Gasteiger partial charge in [0.25, 0.3) is 0 Å². The number of likely N-dealkylation sites (tertiary alicyclic amines) is 1. The molecule has 9 heteroatoms. The minimum atomic E-state index is -0.844. The number of rotatable bonds is 5. The Kier molecular flexibility index (Phi) is 7.09. The second kappa shape index (κ2) is 9.86. The Morgan fingerprint density at radius 1 is 1.08 bits per heavy atom. The molecular weight excluding hydrogens is 459 g/mol. The predicted octanol–water partition coefficient (Wildman–Crippen LogP) is 3.93. The zero-order valence-electron chi connectivity index (χ0n) is 22.8. The van der Waals surface area contributed by atoms with E-state index in [-0.39, 0.29) is 28.8 Å². The summed E-state index contributed by atoms with van der Waals surface area (Å²) < 4.78 is 18.8. The van der Waals surface area contributed by atoms with Crippen molar-refractivity contribution >= 4 is 6.03 Å². The van der Waals surface area contributed by atoms with Crippen LogP contribution in [0.15, 0.2) is 4.52 Å². The first-order valence-corrected chi connectivity index (χ1v) is 14.1. The fourth-order valence-electron chi connectivity index (χ4n) is 6.58. The van der Waals surface area contributed by atoms with Gasteiger partial charge in [0.1, 0.15) is 6.17 Å². The molecule has 0 aromatic carbocycles. The molecule has 2 aliphatic carbocycles. The van der Waals surface area contributed by atoms with Gasteiger partial charge in [-0.3, -0.25) is 9.80 Å². The monoisotopic (exact) mass is 504 g/mol. The molecule has 5 rings (SSSR count). The third-order valence-electron chi connectivity index (χ3n) is 9.54. The molecule has 0 bridgehead atoms. The molecule has 3 heterocycles. The molecule has 36 heavy (non-hydrogen) atoms. The zero-order chi connectivity index (χ0) is 25.7. The standard InChI is InChI=1S/C27H45FN6O2/c1-18(2)32-13-15-33(16-14-32)21-7-6-8-26(3,4)22(21)29-25(35)34-11-9-27(5,10-12-34)24-30-23(36-31-24)19-17-20(19)28/h18-22H,6-17H2,1-5H3,(H,29,35)/t19-,20+,21+,22-/m1/s1. The Labute approximate surface area is 215 Å². The maximum Gasteiger partial charge on any atom is 0.317 e. The molecule has 4 atom stereocenters. The molecule has 1 aromatic rings. The molecule has 2 saturated heterocycles. The highest BCUT2D eigenvalue weighted by Crippen LogP contribution is 2.44. The van der Waals surface area contributed by atoms with E-state index in [1.807, 2.05) is 4.90 Å². The minimum absolute atomic E-state index is 0.0508. The van der Waals surface area contributed by atoms with Crippen LogP contribution in [0.2, 0.25) is 0 Å². The molecular formula is C27H45FN6O2. The number of hydrogen-bond donors (Lipinski definition) is 1. The van der Waals surface area contributed by atoms with E-state index >= 15 is 0 Å². The van der Waals surface area contributed by atoms with Crippen LogP contribution in [0.5, 0.6) is 0 Å². The van der Waals surface area contributed by atoms with Crippen molar-refractivity contribution in [1.29, 1.82) is 0 Å². The van der Waals surface area contributed by atoms with E-state index in [0.29, 0.717) is 43.3 Å². The SMILES string of the molecule is CC(C)N1CCN([C@H]2CCCC(C)(C)[C@@H]2NC(=O)N2CCC(C)(c3noc([C@@H]4C[C@@H]4F)n3)CC2)CC1. The van der Waals surface area contributed by atoms with Gasteiger partial charge in [-0.05, 0) is 51.4 Å². The van der Waals surface area contributed by atoms with Crippen molar-refractivity contribution in [3.05, 3.63) is 11.7 Å². The molecule has 0 unspecified atom stereocenters. The number of halogens is 1. The van der Waals surface area contributed by atoms with Crippen molar-refractivity contribution in [2.45, 2.75) is 109 Å². The van der Waals surface area contributed by atoms with Gasteiger partial charge in [-0.25, -0.2) is 9.18 Å². The average molecular weight is 505 g/mol. The lowest BCUT2D eigenvalue weighted by molar-refractivity contribution is 0.0132. The number of nitrogens with one attached hydrogen (secondary N) is 1. The van der Waals surface area contributed by atoms with Crippen molar-refractivity contribution in [2.24, 2.45) is 5.41 Å². The maximum atomic E-state index is 13.5. The second-order valence-electron chi connectivity index (χ2n) is 12.9. The number of urea groups is 1. The zero-order valence-corrected chi connectivity index (χ0v) is 22.8. The molecule has 2 aliphatic heterocycles. The van der Waals surface area contributed by atoms with Crippen LogP contribution >= 0.6 is 0 Å². The first kappa shape index (κ1) is 25.9. The summed E-state index contributed by atoms with van der Waals surface area (Å²) in [4.78, 5) is 25.2. The second-order valence-corrected chi connectivity index (χ2v) is 12.9. The summed E-state index contributed by atoms with van der Waals surface area (Å²) in [5, 5.41) is 7.69. The first-order valence-electron chi connectivity index (χ1n) is 14.1. The number of piperidine rings is 1. The highest BCUT2D eigenvalue weighted by Gasteiger charge is 2.46. The van der Waals surface area contributed by atoms with E-state index in [9.17, 15) is 9.18 Å². The normalized spacial score (nSPS) is 33.0. The van der Waals surface area contributed by atoms with Gasteiger partial charge in [0.05, 0.1) is 12.0 Å². The Morgan fingerprint density at radius 2 is 1.75 bits per heavy atom. The van der Waals surface area contributed by atoms with Gasteiger partial charge < -0.3 is 14.7 Å². The number of alkyl halides is 1. The van der Waals surface area contributed by atoms with Crippen molar-refractivity contribution in [3.8, 4) is 0 Å². The van der Waals surface area contributed by atoms with Crippen LogP contribution in [-0.4, -0.2) is 94.4 Å². The quantitative estimate of drug-likeness (QED) is 0.655. The Bertz CT molecular complexity index is 919. The maximum absolute atomic E-state index is 13.5. The summed E-state index contributed by atoms with van der Waals surface area (Å²) in [6, 6.07) is 1.17. The molecule has 4 fully saturated rings. The van der Waals surface area contributed by atoms with E-state index < -0.39 is 6.17 Å². The van der Waals surface area contributed by atoms with E-state index in [2.05, 4.69) is 59.9 Å². The number of carbonyl (C=O) groups is 1. The topological polar surface area (TPSA) is 77.7 Å². The first-order chi connectivity index (χ1) is 17.1. The van der Waals surface area contributed by atoms with Gasteiger partial charge >= 0.3 is 6.03 Å². The Balaban J connectivity index is 1.20. The van der Waals surface area contributed by atoms with Crippen LogP contribution in [-0.2, 0) is 5.41 Å². The van der Waals surface area contributed by atoms with Crippen molar-refractivity contribution in [3.63, 3.8) is 0 Å². The molecule has 1 aromatic heterocycles. The lowest BCUT2D eigenvalue weighted by Crippen LogP contribution is -2.64. The van der Waals surface area contributed by atoms with E-state index in [0.717, 1.165) is 51.9 Å². The van der Waals surface area contributed by atoms with Crippen LogP contribution in [0.4, 0.5) is 9.18 Å². The van der Waals surface area contributed by atoms with E-state index in [1.54, 1.807) is 0 Å². The third kappa shape index (κ3) is 5.15. The van der Waals surface area contributed by atoms with Crippen LogP contribution < -0.4 is 5.32 Å². The number of amides is 2. The molecule has 1 N–H and O–H groups in total. The smallest absolute Gasteiger partial charge is 0.317 e. The Hall–Kier alpha value is -1.74. The van der Waals surface area contributed by atoms with Gasteiger partial charge in [-0.2, -0.15) is 4.98 Å². The largest absolute Gasteiger partial charge is 0.339 e. The fourth-order valence-corrected chi connectivity index (χ4v) is 6.58. The summed E-state index contributed by atoms with van der Waals surface area (Å²) >= 11 is 0. The average Bonchev–Trinajstić information content (AvgIpc) is 3.36. The number of carbonyl (C=O) groups excluding carboxylic acids is 1. The van der Waals surface area contributed by atoms with Gasteiger partial charge in [0.2, 0.25) is 5.89 Å². The van der Waals surface area contributed by atoms with Crippen LogP contribution in [0.3, 0.4) is 0 Å². The lowest BCUT2D eigenvalue weighted by atomic mass is 9.70. The van der Waals surface area contributed by atoms with Gasteiger partial charge in [0, 0.05) is 56.8 Å². The highest BCUT2D eigenvalue weighted by molar-refractivity contribution is 5.75. The summed E-state index contributed by atoms with van der Waals surface area (Å²) in [7, 11) is 0. The number of aromatic nitrogens is 2. The van der Waals surface area contributed by atoms with Crippen molar-refractivity contribution in [1.82, 2.24) is 30.2 Å². The van der Waals surface area contributed by atoms with Gasteiger partial charge in [-0.1, -0.05) is 32.3 Å². The highest BCUT2D eigenvalue weighted by atomic mass is 19.1. The van der Waals surface area contributed by atoms with Crippen molar-refractivity contribution < 1.29 is 13.7 Å². The summed E-state index contributed by atoms with van der Waals surface area (Å²) in [5.74, 6) is 0.866. The summed E-state index contributed by atoms with van der Waals surface area (Å²) in [5.41, 5.74) is -0.182. The molecule has 0 radical (unpaired) electrons. The third-order valence-corrected chi connectivity index (χ3v) is 9.54. The van der Waals surface area contributed by atoms with Gasteiger partial charge in [0.15, 0.2) is 5.82 Å². The van der Waals surface area contributed by atoms with Crippen LogP contribution in [0.25, 0.3) is 0 Å². The number of nitrogens with zero attached hydrogens (tertiary/aromatic N) is 5. The van der Waals surface area contributed by atoms with E-state index in [1.165, 1.54) is 6.42 Å².